The minimum Gasteiger partial charge on any atom is -0.276 e. The third-order valence-corrected chi connectivity index (χ3v) is 3.67. The summed E-state index contributed by atoms with van der Waals surface area (Å²) in [5.74, 6) is 0. The molecule has 2 nitrogen and oxygen atoms in total. The third kappa shape index (κ3) is 3.57. The van der Waals surface area contributed by atoms with Gasteiger partial charge in [-0.1, -0.05) is 57.9 Å². The maximum Gasteiger partial charge on any atom is 0.156 e. The maximum atomic E-state index is 6.10. The zero-order chi connectivity index (χ0) is 13.0. The average Bonchev–Trinajstić information content (AvgIpc) is 2.38. The number of anilines is 1. The van der Waals surface area contributed by atoms with Gasteiger partial charge in [0.1, 0.15) is 0 Å². The van der Waals surface area contributed by atoms with Gasteiger partial charge in [-0.3, -0.25) is 5.43 Å². The summed E-state index contributed by atoms with van der Waals surface area (Å²) in [6, 6.07) is 15.4. The van der Waals surface area contributed by atoms with E-state index in [9.17, 15) is 0 Å². The highest BCUT2D eigenvalue weighted by molar-refractivity contribution is 9.11. The molecule has 0 aliphatic carbocycles. The van der Waals surface area contributed by atoms with Gasteiger partial charge >= 0.3 is 0 Å². The fraction of sp³-hybridized carbons (Fsp3) is 0. The van der Waals surface area contributed by atoms with E-state index in [1.165, 1.54) is 0 Å². The molecule has 0 aliphatic rings. The molecule has 0 amide bonds. The summed E-state index contributed by atoms with van der Waals surface area (Å²) in [5.41, 5.74) is 4.66. The number of nitrogens with one attached hydrogen (secondary N) is 1. The Morgan fingerprint density at radius 2 is 1.78 bits per heavy atom. The maximum absolute atomic E-state index is 6.10. The number of halogens is 3. The highest BCUT2D eigenvalue weighted by Gasteiger charge is 2.01. The van der Waals surface area contributed by atoms with E-state index in [2.05, 4.69) is 42.4 Å². The molecule has 0 bridgehead atoms. The van der Waals surface area contributed by atoms with Crippen LogP contribution >= 0.6 is 43.5 Å². The molecule has 0 saturated carbocycles. The first-order valence-corrected chi connectivity index (χ1v) is 7.13. The van der Waals surface area contributed by atoms with Crippen LogP contribution in [0.25, 0.3) is 0 Å². The third-order valence-electron chi connectivity index (χ3n) is 2.22. The SMILES string of the molecule is Cl/C(=N\Nc1ccc(Br)cc1Br)c1ccccc1. The van der Waals surface area contributed by atoms with Crippen molar-refractivity contribution >= 4 is 54.3 Å². The van der Waals surface area contributed by atoms with Gasteiger partial charge in [0.05, 0.1) is 5.69 Å². The van der Waals surface area contributed by atoms with Crippen molar-refractivity contribution in [1.82, 2.24) is 0 Å². The van der Waals surface area contributed by atoms with Crippen molar-refractivity contribution in [1.29, 1.82) is 0 Å². The second kappa shape index (κ2) is 6.36. The van der Waals surface area contributed by atoms with E-state index in [0.29, 0.717) is 5.17 Å². The number of rotatable bonds is 3. The fourth-order valence-electron chi connectivity index (χ4n) is 1.33. The van der Waals surface area contributed by atoms with Crippen LogP contribution in [0.3, 0.4) is 0 Å². The van der Waals surface area contributed by atoms with Gasteiger partial charge in [-0.25, -0.2) is 0 Å². The minimum absolute atomic E-state index is 0.422. The first kappa shape index (κ1) is 13.6. The molecule has 1 N–H and O–H groups in total. The van der Waals surface area contributed by atoms with Crippen LogP contribution in [-0.4, -0.2) is 5.17 Å². The van der Waals surface area contributed by atoms with Crippen molar-refractivity contribution in [2.24, 2.45) is 5.10 Å². The van der Waals surface area contributed by atoms with Crippen molar-refractivity contribution in [2.45, 2.75) is 0 Å². The largest absolute Gasteiger partial charge is 0.276 e. The normalized spacial score (nSPS) is 11.4. The monoisotopic (exact) mass is 386 g/mol. The van der Waals surface area contributed by atoms with E-state index in [1.54, 1.807) is 0 Å². The molecular weight excluding hydrogens is 379 g/mol. The second-order valence-corrected chi connectivity index (χ2v) is 5.63. The van der Waals surface area contributed by atoms with Gasteiger partial charge in [-0.2, -0.15) is 5.10 Å². The van der Waals surface area contributed by atoms with Crippen LogP contribution in [0.4, 0.5) is 5.69 Å². The lowest BCUT2D eigenvalue weighted by molar-refractivity contribution is 1.33. The Kier molecular flexibility index (Phi) is 4.80. The van der Waals surface area contributed by atoms with E-state index in [1.807, 2.05) is 48.5 Å². The fourth-order valence-corrected chi connectivity index (χ4v) is 2.63. The summed E-state index contributed by atoms with van der Waals surface area (Å²) in [5, 5.41) is 4.56. The first-order valence-electron chi connectivity index (χ1n) is 5.16. The van der Waals surface area contributed by atoms with Crippen LogP contribution in [0.2, 0.25) is 0 Å². The summed E-state index contributed by atoms with van der Waals surface area (Å²) >= 11 is 12.9. The van der Waals surface area contributed by atoms with Crippen LogP contribution < -0.4 is 5.43 Å². The average molecular weight is 388 g/mol. The first-order chi connectivity index (χ1) is 8.66. The van der Waals surface area contributed by atoms with Gasteiger partial charge in [0.2, 0.25) is 0 Å². The van der Waals surface area contributed by atoms with Crippen LogP contribution in [0.1, 0.15) is 5.56 Å². The van der Waals surface area contributed by atoms with Crippen LogP contribution in [-0.2, 0) is 0 Å². The van der Waals surface area contributed by atoms with Crippen molar-refractivity contribution in [3.05, 3.63) is 63.0 Å². The lowest BCUT2D eigenvalue weighted by atomic mass is 10.2. The molecule has 18 heavy (non-hydrogen) atoms. The minimum atomic E-state index is 0.422. The summed E-state index contributed by atoms with van der Waals surface area (Å²) < 4.78 is 1.91. The molecule has 0 heterocycles. The summed E-state index contributed by atoms with van der Waals surface area (Å²) in [6.07, 6.45) is 0. The molecule has 0 aromatic heterocycles. The Hall–Kier alpha value is -0.840. The smallest absolute Gasteiger partial charge is 0.156 e. The van der Waals surface area contributed by atoms with Gasteiger partial charge in [-0.15, -0.1) is 0 Å². The molecule has 0 fully saturated rings. The Morgan fingerprint density at radius 3 is 2.44 bits per heavy atom. The van der Waals surface area contributed by atoms with Gasteiger partial charge in [0.15, 0.2) is 5.17 Å². The molecule has 0 radical (unpaired) electrons. The number of nitrogens with zero attached hydrogens (tertiary/aromatic N) is 1. The molecule has 92 valence electrons. The Balaban J connectivity index is 2.15. The molecule has 0 atom stereocenters. The van der Waals surface area contributed by atoms with Gasteiger partial charge in [-0.05, 0) is 34.1 Å². The molecule has 2 rings (SSSR count). The van der Waals surface area contributed by atoms with Gasteiger partial charge < -0.3 is 0 Å². The van der Waals surface area contributed by atoms with E-state index in [4.69, 9.17) is 11.6 Å². The quantitative estimate of drug-likeness (QED) is 0.565. The number of hydrogen-bond donors (Lipinski definition) is 1. The number of benzene rings is 2. The zero-order valence-corrected chi connectivity index (χ0v) is 13.1. The zero-order valence-electron chi connectivity index (χ0n) is 9.20. The Morgan fingerprint density at radius 1 is 1.06 bits per heavy atom. The highest BCUT2D eigenvalue weighted by Crippen LogP contribution is 2.26. The topological polar surface area (TPSA) is 24.4 Å². The highest BCUT2D eigenvalue weighted by atomic mass is 79.9. The van der Waals surface area contributed by atoms with Crippen LogP contribution in [0, 0.1) is 0 Å². The Labute approximate surface area is 127 Å². The van der Waals surface area contributed by atoms with Crippen LogP contribution in [0.5, 0.6) is 0 Å². The number of hydrogen-bond acceptors (Lipinski definition) is 2. The van der Waals surface area contributed by atoms with Crippen molar-refractivity contribution in [3.63, 3.8) is 0 Å². The molecule has 0 aliphatic heterocycles. The van der Waals surface area contributed by atoms with Crippen molar-refractivity contribution in [2.75, 3.05) is 5.43 Å². The Bertz CT molecular complexity index is 570. The second-order valence-electron chi connectivity index (χ2n) is 3.50. The van der Waals surface area contributed by atoms with Crippen LogP contribution in [0.15, 0.2) is 62.6 Å². The predicted octanol–water partition coefficient (Wildman–Crippen LogP) is 5.22. The van der Waals surface area contributed by atoms with Crippen molar-refractivity contribution in [3.8, 4) is 0 Å². The van der Waals surface area contributed by atoms with Gasteiger partial charge in [0, 0.05) is 14.5 Å². The molecule has 2 aromatic carbocycles. The molecular formula is C13H9Br2ClN2. The lowest BCUT2D eigenvalue weighted by Gasteiger charge is -2.05. The van der Waals surface area contributed by atoms with E-state index in [0.717, 1.165) is 20.2 Å². The van der Waals surface area contributed by atoms with Crippen molar-refractivity contribution < 1.29 is 0 Å². The van der Waals surface area contributed by atoms with E-state index < -0.39 is 0 Å². The standard InChI is InChI=1S/C13H9Br2ClN2/c14-10-6-7-12(11(15)8-10)17-18-13(16)9-4-2-1-3-5-9/h1-8,17H/b18-13-. The lowest BCUT2D eigenvalue weighted by Crippen LogP contribution is -1.97. The molecule has 5 heteroatoms. The summed E-state index contributed by atoms with van der Waals surface area (Å²) in [6.45, 7) is 0. The summed E-state index contributed by atoms with van der Waals surface area (Å²) in [4.78, 5) is 0. The van der Waals surface area contributed by atoms with E-state index in [-0.39, 0.29) is 0 Å². The molecule has 2 aromatic rings. The van der Waals surface area contributed by atoms with E-state index >= 15 is 0 Å². The molecule has 0 unspecified atom stereocenters. The molecule has 0 spiro atoms. The molecule has 0 saturated heterocycles. The number of hydrazone groups is 1. The van der Waals surface area contributed by atoms with Gasteiger partial charge in [0.25, 0.3) is 0 Å². The summed E-state index contributed by atoms with van der Waals surface area (Å²) in [7, 11) is 0. The predicted molar refractivity (Wildman–Crippen MR) is 84.3 cm³/mol.